The van der Waals surface area contributed by atoms with Gasteiger partial charge in [-0.05, 0) is 101 Å². The van der Waals surface area contributed by atoms with E-state index in [0.717, 1.165) is 60.3 Å². The van der Waals surface area contributed by atoms with Crippen molar-refractivity contribution in [3.63, 3.8) is 0 Å². The SMILES string of the molecule is O=C(O)c1ccc2c(c1)CCCC(c1cccc(OC(F)(F)F)c1)=C2c1ccc(CC2CN(CCCF)C2)cc1. The lowest BCUT2D eigenvalue weighted by atomic mass is 9.86. The number of alkyl halides is 4. The molecule has 4 nitrogen and oxygen atoms in total. The number of likely N-dealkylation sites (tertiary alicyclic amines) is 1. The Balaban J connectivity index is 1.51. The van der Waals surface area contributed by atoms with E-state index in [0.29, 0.717) is 30.7 Å². The molecule has 8 heteroatoms. The number of carboxylic acid groups (broad SMARTS) is 1. The summed E-state index contributed by atoms with van der Waals surface area (Å²) in [6.07, 6.45) is -1.31. The van der Waals surface area contributed by atoms with Crippen LogP contribution in [0, 0.1) is 5.92 Å². The lowest BCUT2D eigenvalue weighted by Crippen LogP contribution is -2.47. The average Bonchev–Trinajstić information content (AvgIpc) is 3.08. The molecule has 0 saturated carbocycles. The number of fused-ring (bicyclic) bond motifs is 1. The first-order chi connectivity index (χ1) is 19.2. The highest BCUT2D eigenvalue weighted by molar-refractivity contribution is 6.00. The van der Waals surface area contributed by atoms with Gasteiger partial charge >= 0.3 is 12.3 Å². The number of allylic oxidation sites excluding steroid dienone is 1. The molecule has 0 spiro atoms. The van der Waals surface area contributed by atoms with E-state index in [1.54, 1.807) is 24.3 Å². The number of halogens is 4. The third-order valence-electron chi connectivity index (χ3n) is 7.62. The molecule has 0 amide bonds. The molecule has 5 rings (SSSR count). The zero-order valence-corrected chi connectivity index (χ0v) is 22.0. The topological polar surface area (TPSA) is 49.8 Å². The van der Waals surface area contributed by atoms with Gasteiger partial charge in [-0.2, -0.15) is 0 Å². The number of ether oxygens (including phenoxy) is 1. The van der Waals surface area contributed by atoms with Gasteiger partial charge in [-0.15, -0.1) is 13.2 Å². The quantitative estimate of drug-likeness (QED) is 0.280. The summed E-state index contributed by atoms with van der Waals surface area (Å²) in [4.78, 5) is 13.9. The van der Waals surface area contributed by atoms with Crippen molar-refractivity contribution in [2.75, 3.05) is 26.3 Å². The maximum Gasteiger partial charge on any atom is 0.573 e. The van der Waals surface area contributed by atoms with Crippen molar-refractivity contribution in [3.05, 3.63) is 100 Å². The van der Waals surface area contributed by atoms with Gasteiger partial charge in [-0.25, -0.2) is 4.79 Å². The lowest BCUT2D eigenvalue weighted by Gasteiger charge is -2.39. The van der Waals surface area contributed by atoms with Gasteiger partial charge in [-0.3, -0.25) is 4.39 Å². The van der Waals surface area contributed by atoms with Gasteiger partial charge < -0.3 is 14.7 Å². The van der Waals surface area contributed by atoms with Crippen LogP contribution in [0.5, 0.6) is 5.75 Å². The molecule has 1 heterocycles. The predicted molar refractivity (Wildman–Crippen MR) is 146 cm³/mol. The Labute approximate surface area is 230 Å². The van der Waals surface area contributed by atoms with Crippen LogP contribution in [0.15, 0.2) is 66.7 Å². The van der Waals surface area contributed by atoms with E-state index in [2.05, 4.69) is 21.8 Å². The number of carboxylic acids is 1. The fourth-order valence-corrected chi connectivity index (χ4v) is 5.83. The molecule has 1 aliphatic carbocycles. The molecule has 0 atom stereocenters. The van der Waals surface area contributed by atoms with Crippen LogP contribution in [0.2, 0.25) is 0 Å². The molecule has 210 valence electrons. The van der Waals surface area contributed by atoms with Crippen LogP contribution in [0.3, 0.4) is 0 Å². The van der Waals surface area contributed by atoms with Crippen LogP contribution in [0.4, 0.5) is 17.6 Å². The van der Waals surface area contributed by atoms with Crippen LogP contribution < -0.4 is 4.74 Å². The summed E-state index contributed by atoms with van der Waals surface area (Å²) in [5.41, 5.74) is 6.53. The summed E-state index contributed by atoms with van der Waals surface area (Å²) in [6.45, 7) is 2.43. The highest BCUT2D eigenvalue weighted by Gasteiger charge is 2.31. The molecule has 0 bridgehead atoms. The van der Waals surface area contributed by atoms with Crippen molar-refractivity contribution in [3.8, 4) is 5.75 Å². The Bertz CT molecular complexity index is 1390. The number of aromatic carboxylic acids is 1. The smallest absolute Gasteiger partial charge is 0.478 e. The second-order valence-corrected chi connectivity index (χ2v) is 10.5. The van der Waals surface area contributed by atoms with E-state index in [1.165, 1.54) is 17.7 Å². The zero-order valence-electron chi connectivity index (χ0n) is 22.0. The van der Waals surface area contributed by atoms with E-state index in [1.807, 2.05) is 18.2 Å². The van der Waals surface area contributed by atoms with Gasteiger partial charge in [0.15, 0.2) is 0 Å². The minimum atomic E-state index is -4.79. The molecule has 1 N–H and O–H groups in total. The van der Waals surface area contributed by atoms with Gasteiger partial charge in [0.1, 0.15) is 5.75 Å². The van der Waals surface area contributed by atoms with Gasteiger partial charge in [0.2, 0.25) is 0 Å². The highest BCUT2D eigenvalue weighted by atomic mass is 19.4. The Kier molecular flexibility index (Phi) is 8.26. The largest absolute Gasteiger partial charge is 0.573 e. The molecule has 0 aromatic heterocycles. The zero-order chi connectivity index (χ0) is 28.3. The first-order valence-electron chi connectivity index (χ1n) is 13.5. The van der Waals surface area contributed by atoms with Crippen molar-refractivity contribution in [1.82, 2.24) is 4.90 Å². The van der Waals surface area contributed by atoms with Crippen LogP contribution >= 0.6 is 0 Å². The number of aryl methyl sites for hydroxylation is 1. The minimum absolute atomic E-state index is 0.207. The molecule has 1 fully saturated rings. The molecule has 1 saturated heterocycles. The lowest BCUT2D eigenvalue weighted by molar-refractivity contribution is -0.274. The summed E-state index contributed by atoms with van der Waals surface area (Å²) in [5.74, 6) is -0.748. The maximum absolute atomic E-state index is 13.0. The summed E-state index contributed by atoms with van der Waals surface area (Å²) in [5, 5.41) is 9.54. The Morgan fingerprint density at radius 2 is 1.75 bits per heavy atom. The van der Waals surface area contributed by atoms with Gasteiger partial charge in [0.05, 0.1) is 12.2 Å². The van der Waals surface area contributed by atoms with Crippen molar-refractivity contribution in [2.24, 2.45) is 5.92 Å². The molecular formula is C32H31F4NO3. The Morgan fingerprint density at radius 3 is 2.45 bits per heavy atom. The van der Waals surface area contributed by atoms with E-state index in [9.17, 15) is 27.5 Å². The Morgan fingerprint density at radius 1 is 0.975 bits per heavy atom. The van der Waals surface area contributed by atoms with Crippen LogP contribution in [-0.2, 0) is 12.8 Å². The summed E-state index contributed by atoms with van der Waals surface area (Å²) < 4.78 is 55.5. The molecule has 2 aliphatic rings. The molecule has 3 aromatic carbocycles. The molecule has 1 aliphatic heterocycles. The van der Waals surface area contributed by atoms with E-state index >= 15 is 0 Å². The summed E-state index contributed by atoms with van der Waals surface area (Å²) in [7, 11) is 0. The van der Waals surface area contributed by atoms with Crippen LogP contribution in [-0.4, -0.2) is 48.6 Å². The van der Waals surface area contributed by atoms with Crippen molar-refractivity contribution >= 4 is 17.1 Å². The van der Waals surface area contributed by atoms with E-state index in [-0.39, 0.29) is 18.0 Å². The average molecular weight is 554 g/mol. The third kappa shape index (κ3) is 6.55. The summed E-state index contributed by atoms with van der Waals surface area (Å²) >= 11 is 0. The number of carbonyl (C=O) groups is 1. The normalized spacial score (nSPS) is 16.3. The first kappa shape index (κ1) is 27.9. The van der Waals surface area contributed by atoms with E-state index in [4.69, 9.17) is 0 Å². The highest BCUT2D eigenvalue weighted by Crippen LogP contribution is 2.41. The number of hydrogen-bond acceptors (Lipinski definition) is 3. The van der Waals surface area contributed by atoms with Gasteiger partial charge in [0.25, 0.3) is 0 Å². The number of nitrogens with zero attached hydrogens (tertiary/aromatic N) is 1. The van der Waals surface area contributed by atoms with Crippen molar-refractivity contribution in [2.45, 2.75) is 38.5 Å². The van der Waals surface area contributed by atoms with Crippen LogP contribution in [0.25, 0.3) is 11.1 Å². The second kappa shape index (κ2) is 11.8. The monoisotopic (exact) mass is 553 g/mol. The molecule has 3 aromatic rings. The van der Waals surface area contributed by atoms with Crippen LogP contribution in [0.1, 0.15) is 57.4 Å². The standard InChI is InChI=1S/C32H31F4NO3/c33-14-3-15-37-19-22(20-37)16-21-8-10-23(11-9-21)30-28(25-4-1-6-27(18-25)40-32(34,35)36)7-2-5-24-17-26(31(38)39)12-13-29(24)30/h1,4,6,8-13,17-18,22H,2-3,5,7,14-16,19-20H2,(H,38,39). The first-order valence-corrected chi connectivity index (χ1v) is 13.5. The third-order valence-corrected chi connectivity index (χ3v) is 7.62. The van der Waals surface area contributed by atoms with E-state index < -0.39 is 12.3 Å². The van der Waals surface area contributed by atoms with Crippen molar-refractivity contribution in [1.29, 1.82) is 0 Å². The fraction of sp³-hybridized carbons (Fsp3) is 0.344. The predicted octanol–water partition coefficient (Wildman–Crippen LogP) is 7.41. The fourth-order valence-electron chi connectivity index (χ4n) is 5.83. The van der Waals surface area contributed by atoms with Gasteiger partial charge in [-0.1, -0.05) is 42.5 Å². The molecule has 0 unspecified atom stereocenters. The number of benzene rings is 3. The second-order valence-electron chi connectivity index (χ2n) is 10.5. The number of hydrogen-bond donors (Lipinski definition) is 1. The summed E-state index contributed by atoms with van der Waals surface area (Å²) in [6, 6.07) is 19.4. The minimum Gasteiger partial charge on any atom is -0.478 e. The maximum atomic E-state index is 13.0. The molecular weight excluding hydrogens is 522 g/mol. The number of rotatable bonds is 9. The Hall–Kier alpha value is -3.65. The van der Waals surface area contributed by atoms with Crippen molar-refractivity contribution < 1.29 is 32.2 Å². The van der Waals surface area contributed by atoms with Gasteiger partial charge in [0, 0.05) is 19.6 Å². The molecule has 40 heavy (non-hydrogen) atoms. The molecule has 0 radical (unpaired) electrons.